The predicted molar refractivity (Wildman–Crippen MR) is 86.0 cm³/mol. The van der Waals surface area contributed by atoms with Crippen LogP contribution in [0.3, 0.4) is 0 Å². The van der Waals surface area contributed by atoms with E-state index >= 15 is 0 Å². The van der Waals surface area contributed by atoms with Crippen molar-refractivity contribution >= 4 is 21.8 Å². The molecule has 3 nitrogen and oxygen atoms in total. The molecule has 1 fully saturated rings. The molecule has 1 saturated heterocycles. The fourth-order valence-electron chi connectivity index (χ4n) is 2.71. The molecule has 110 valence electrons. The fraction of sp³-hybridized carbons (Fsp3) is 0.562. The van der Waals surface area contributed by atoms with Crippen LogP contribution >= 0.6 is 15.9 Å². The Morgan fingerprint density at radius 1 is 1.45 bits per heavy atom. The lowest BCUT2D eigenvalue weighted by atomic mass is 10.0. The molecule has 0 radical (unpaired) electrons. The summed E-state index contributed by atoms with van der Waals surface area (Å²) in [4.78, 5) is 14.5. The van der Waals surface area contributed by atoms with E-state index in [1.54, 1.807) is 0 Å². The molecule has 1 aliphatic rings. The number of nitrogens with zero attached hydrogens (tertiary/aromatic N) is 1. The molecule has 1 aromatic rings. The summed E-state index contributed by atoms with van der Waals surface area (Å²) in [6.45, 7) is 5.34. The summed E-state index contributed by atoms with van der Waals surface area (Å²) in [5.41, 5.74) is 0.714. The molecular weight excluding hydrogens is 316 g/mol. The Bertz CT molecular complexity index is 450. The average molecular weight is 339 g/mol. The van der Waals surface area contributed by atoms with Gasteiger partial charge in [-0.05, 0) is 50.9 Å². The highest BCUT2D eigenvalue weighted by molar-refractivity contribution is 9.10. The summed E-state index contributed by atoms with van der Waals surface area (Å²) in [7, 11) is 0. The maximum Gasteiger partial charge on any atom is 0.251 e. The Morgan fingerprint density at radius 2 is 2.30 bits per heavy atom. The minimum absolute atomic E-state index is 0.0120. The highest BCUT2D eigenvalue weighted by Gasteiger charge is 2.17. The third-order valence-electron chi connectivity index (χ3n) is 3.94. The number of carbonyl (C=O) groups is 1. The van der Waals surface area contributed by atoms with Crippen molar-refractivity contribution in [2.24, 2.45) is 0 Å². The lowest BCUT2D eigenvalue weighted by Gasteiger charge is -2.33. The summed E-state index contributed by atoms with van der Waals surface area (Å²) in [6, 6.07) is 8.20. The van der Waals surface area contributed by atoms with E-state index in [4.69, 9.17) is 0 Å². The van der Waals surface area contributed by atoms with Gasteiger partial charge in [-0.25, -0.2) is 0 Å². The molecule has 0 saturated carbocycles. The second kappa shape index (κ2) is 7.79. The van der Waals surface area contributed by atoms with Crippen LogP contribution < -0.4 is 5.32 Å². The van der Waals surface area contributed by atoms with Crippen LogP contribution in [0.2, 0.25) is 0 Å². The van der Waals surface area contributed by atoms with Gasteiger partial charge in [-0.15, -0.1) is 0 Å². The van der Waals surface area contributed by atoms with Crippen molar-refractivity contribution in [3.8, 4) is 0 Å². The van der Waals surface area contributed by atoms with E-state index in [1.807, 2.05) is 24.3 Å². The Labute approximate surface area is 129 Å². The van der Waals surface area contributed by atoms with Crippen molar-refractivity contribution in [2.45, 2.75) is 38.6 Å². The number of benzene rings is 1. The number of nitrogens with one attached hydrogen (secondary N) is 1. The molecule has 4 heteroatoms. The molecule has 1 aromatic carbocycles. The van der Waals surface area contributed by atoms with E-state index in [1.165, 1.54) is 25.8 Å². The number of hydrogen-bond acceptors (Lipinski definition) is 2. The molecule has 1 heterocycles. The minimum atomic E-state index is 0.0120. The number of rotatable bonds is 5. The minimum Gasteiger partial charge on any atom is -0.352 e. The van der Waals surface area contributed by atoms with Crippen molar-refractivity contribution in [3.05, 3.63) is 34.3 Å². The maximum absolute atomic E-state index is 12.0. The molecule has 1 atom stereocenters. The highest BCUT2D eigenvalue weighted by atomic mass is 79.9. The SMILES string of the molecule is C[C@H]1CCCCN1CCCNC(=O)c1cccc(Br)c1. The number of piperidine rings is 1. The quantitative estimate of drug-likeness (QED) is 0.834. The summed E-state index contributed by atoms with van der Waals surface area (Å²) in [6.07, 6.45) is 5.00. The molecule has 1 amide bonds. The molecule has 1 N–H and O–H groups in total. The topological polar surface area (TPSA) is 32.3 Å². The number of carbonyl (C=O) groups excluding carboxylic acids is 1. The first-order chi connectivity index (χ1) is 9.66. The Kier molecular flexibility index (Phi) is 6.05. The van der Waals surface area contributed by atoms with Gasteiger partial charge in [0.25, 0.3) is 5.91 Å². The van der Waals surface area contributed by atoms with Crippen molar-refractivity contribution in [3.63, 3.8) is 0 Å². The second-order valence-corrected chi connectivity index (χ2v) is 6.42. The van der Waals surface area contributed by atoms with E-state index < -0.39 is 0 Å². The van der Waals surface area contributed by atoms with Crippen LogP contribution in [0, 0.1) is 0 Å². The van der Waals surface area contributed by atoms with Gasteiger partial charge in [0.1, 0.15) is 0 Å². The molecule has 0 bridgehead atoms. The van der Waals surface area contributed by atoms with Gasteiger partial charge in [0.05, 0.1) is 0 Å². The Balaban J connectivity index is 1.69. The standard InChI is InChI=1S/C16H23BrN2O/c1-13-6-2-3-10-19(13)11-5-9-18-16(20)14-7-4-8-15(17)12-14/h4,7-8,12-13H,2-3,5-6,9-11H2,1H3,(H,18,20)/t13-/m0/s1. The van der Waals surface area contributed by atoms with E-state index in [9.17, 15) is 4.79 Å². The van der Waals surface area contributed by atoms with Gasteiger partial charge in [-0.3, -0.25) is 4.79 Å². The van der Waals surface area contributed by atoms with E-state index in [0.717, 1.165) is 24.0 Å². The van der Waals surface area contributed by atoms with Crippen LogP contribution in [0.1, 0.15) is 43.0 Å². The number of amides is 1. The smallest absolute Gasteiger partial charge is 0.251 e. The Morgan fingerprint density at radius 3 is 3.05 bits per heavy atom. The number of hydrogen-bond donors (Lipinski definition) is 1. The van der Waals surface area contributed by atoms with Crippen LogP contribution in [0.25, 0.3) is 0 Å². The lowest BCUT2D eigenvalue weighted by molar-refractivity contribution is 0.0949. The van der Waals surface area contributed by atoms with Crippen molar-refractivity contribution in [2.75, 3.05) is 19.6 Å². The van der Waals surface area contributed by atoms with Gasteiger partial charge in [0.2, 0.25) is 0 Å². The largest absolute Gasteiger partial charge is 0.352 e. The molecule has 1 aliphatic heterocycles. The van der Waals surface area contributed by atoms with Crippen molar-refractivity contribution < 1.29 is 4.79 Å². The summed E-state index contributed by atoms with van der Waals surface area (Å²) in [5.74, 6) is 0.0120. The fourth-order valence-corrected chi connectivity index (χ4v) is 3.10. The van der Waals surface area contributed by atoms with Crippen LogP contribution in [-0.2, 0) is 0 Å². The zero-order valence-electron chi connectivity index (χ0n) is 12.1. The monoisotopic (exact) mass is 338 g/mol. The molecule has 0 aliphatic carbocycles. The molecule has 2 rings (SSSR count). The van der Waals surface area contributed by atoms with Gasteiger partial charge >= 0.3 is 0 Å². The maximum atomic E-state index is 12.0. The van der Waals surface area contributed by atoms with Gasteiger partial charge < -0.3 is 10.2 Å². The summed E-state index contributed by atoms with van der Waals surface area (Å²) < 4.78 is 0.937. The van der Waals surface area contributed by atoms with E-state index in [-0.39, 0.29) is 5.91 Å². The number of halogens is 1. The zero-order valence-corrected chi connectivity index (χ0v) is 13.7. The normalized spacial score (nSPS) is 19.8. The van der Waals surface area contributed by atoms with Gasteiger partial charge in [-0.2, -0.15) is 0 Å². The van der Waals surface area contributed by atoms with Crippen LogP contribution in [0.4, 0.5) is 0 Å². The van der Waals surface area contributed by atoms with E-state index in [2.05, 4.69) is 33.1 Å². The predicted octanol–water partition coefficient (Wildman–Crippen LogP) is 3.44. The molecule has 0 spiro atoms. The first kappa shape index (κ1) is 15.5. The van der Waals surface area contributed by atoms with Crippen molar-refractivity contribution in [1.82, 2.24) is 10.2 Å². The van der Waals surface area contributed by atoms with Crippen molar-refractivity contribution in [1.29, 1.82) is 0 Å². The second-order valence-electron chi connectivity index (χ2n) is 5.50. The lowest BCUT2D eigenvalue weighted by Crippen LogP contribution is -2.39. The first-order valence-electron chi connectivity index (χ1n) is 7.44. The van der Waals surface area contributed by atoms with Gasteiger partial charge in [-0.1, -0.05) is 28.4 Å². The average Bonchev–Trinajstić information content (AvgIpc) is 2.45. The zero-order chi connectivity index (χ0) is 14.4. The molecule has 20 heavy (non-hydrogen) atoms. The Hall–Kier alpha value is -0.870. The number of likely N-dealkylation sites (tertiary alicyclic amines) is 1. The molecule has 0 unspecified atom stereocenters. The van der Waals surface area contributed by atoms with Crippen LogP contribution in [-0.4, -0.2) is 36.5 Å². The highest BCUT2D eigenvalue weighted by Crippen LogP contribution is 2.16. The summed E-state index contributed by atoms with van der Waals surface area (Å²) in [5, 5.41) is 2.99. The van der Waals surface area contributed by atoms with Gasteiger partial charge in [0, 0.05) is 29.2 Å². The van der Waals surface area contributed by atoms with Gasteiger partial charge in [0.15, 0.2) is 0 Å². The third kappa shape index (κ3) is 4.60. The van der Waals surface area contributed by atoms with Crippen LogP contribution in [0.5, 0.6) is 0 Å². The third-order valence-corrected chi connectivity index (χ3v) is 4.43. The first-order valence-corrected chi connectivity index (χ1v) is 8.24. The summed E-state index contributed by atoms with van der Waals surface area (Å²) >= 11 is 3.38. The van der Waals surface area contributed by atoms with E-state index in [0.29, 0.717) is 11.6 Å². The molecule has 0 aromatic heterocycles. The molecular formula is C16H23BrN2O. The van der Waals surface area contributed by atoms with Crippen LogP contribution in [0.15, 0.2) is 28.7 Å².